The molecule has 1 spiro atoms. The minimum Gasteiger partial charge on any atom is -0.342 e. The summed E-state index contributed by atoms with van der Waals surface area (Å²) in [5.41, 5.74) is -0.587. The molecule has 1 N–H and O–H groups in total. The van der Waals surface area contributed by atoms with Crippen LogP contribution in [0.5, 0.6) is 0 Å². The van der Waals surface area contributed by atoms with E-state index in [0.29, 0.717) is 24.9 Å². The Labute approximate surface area is 127 Å². The minimum atomic E-state index is -0.587. The van der Waals surface area contributed by atoms with Gasteiger partial charge in [-0.05, 0) is 38.8 Å². The quantitative estimate of drug-likeness (QED) is 0.784. The van der Waals surface area contributed by atoms with Crippen molar-refractivity contribution < 1.29 is 9.59 Å². The van der Waals surface area contributed by atoms with Gasteiger partial charge < -0.3 is 15.1 Å². The predicted octanol–water partition coefficient (Wildman–Crippen LogP) is 0.988. The highest BCUT2D eigenvalue weighted by Crippen LogP contribution is 2.35. The number of amides is 2. The molecule has 5 nitrogen and oxygen atoms in total. The maximum Gasteiger partial charge on any atom is 0.248 e. The summed E-state index contributed by atoms with van der Waals surface area (Å²) in [6.45, 7) is 4.89. The number of carbonyl (C=O) groups is 2. The molecular weight excluding hydrogens is 266 g/mol. The van der Waals surface area contributed by atoms with E-state index in [1.807, 2.05) is 4.90 Å². The zero-order valence-corrected chi connectivity index (χ0v) is 13.2. The number of hydrogen-bond acceptors (Lipinski definition) is 3. The zero-order valence-electron chi connectivity index (χ0n) is 13.2. The zero-order chi connectivity index (χ0) is 15.0. The first-order valence-corrected chi connectivity index (χ1v) is 8.32. The molecule has 2 aliphatic heterocycles. The van der Waals surface area contributed by atoms with Gasteiger partial charge in [0, 0.05) is 25.6 Å². The molecule has 3 aliphatic rings. The summed E-state index contributed by atoms with van der Waals surface area (Å²) in [5.74, 6) is 0.708. The molecule has 0 aromatic carbocycles. The molecule has 3 rings (SSSR count). The SMILES string of the molecule is CC1CN(C)CCC1N1CCC(=O)NC2(CCCC2)C1=O. The van der Waals surface area contributed by atoms with Crippen molar-refractivity contribution in [3.63, 3.8) is 0 Å². The first-order valence-electron chi connectivity index (χ1n) is 8.32. The first kappa shape index (κ1) is 14.8. The number of rotatable bonds is 1. The van der Waals surface area contributed by atoms with E-state index in [9.17, 15) is 9.59 Å². The van der Waals surface area contributed by atoms with Crippen molar-refractivity contribution in [3.8, 4) is 0 Å². The molecular formula is C16H27N3O2. The highest BCUT2D eigenvalue weighted by atomic mass is 16.2. The number of piperidine rings is 1. The Balaban J connectivity index is 1.83. The number of hydrogen-bond donors (Lipinski definition) is 1. The van der Waals surface area contributed by atoms with Crippen LogP contribution in [0.1, 0.15) is 45.4 Å². The van der Waals surface area contributed by atoms with Gasteiger partial charge >= 0.3 is 0 Å². The van der Waals surface area contributed by atoms with Crippen LogP contribution in [0.25, 0.3) is 0 Å². The highest BCUT2D eigenvalue weighted by molar-refractivity contribution is 5.94. The van der Waals surface area contributed by atoms with E-state index in [4.69, 9.17) is 0 Å². The smallest absolute Gasteiger partial charge is 0.248 e. The van der Waals surface area contributed by atoms with Crippen LogP contribution >= 0.6 is 0 Å². The van der Waals surface area contributed by atoms with Gasteiger partial charge in [0.2, 0.25) is 11.8 Å². The largest absolute Gasteiger partial charge is 0.342 e. The van der Waals surface area contributed by atoms with E-state index in [1.54, 1.807) is 0 Å². The van der Waals surface area contributed by atoms with E-state index in [-0.39, 0.29) is 11.8 Å². The lowest BCUT2D eigenvalue weighted by Gasteiger charge is -2.43. The van der Waals surface area contributed by atoms with Crippen LogP contribution in [0, 0.1) is 5.92 Å². The molecule has 1 aliphatic carbocycles. The van der Waals surface area contributed by atoms with Gasteiger partial charge in [-0.1, -0.05) is 19.8 Å². The van der Waals surface area contributed by atoms with Gasteiger partial charge in [0.1, 0.15) is 5.54 Å². The maximum absolute atomic E-state index is 13.1. The average Bonchev–Trinajstić information content (AvgIpc) is 2.85. The molecule has 118 valence electrons. The number of likely N-dealkylation sites (tertiary alicyclic amines) is 1. The van der Waals surface area contributed by atoms with E-state index >= 15 is 0 Å². The second-order valence-corrected chi connectivity index (χ2v) is 7.18. The van der Waals surface area contributed by atoms with Gasteiger partial charge in [0.25, 0.3) is 0 Å². The summed E-state index contributed by atoms with van der Waals surface area (Å²) in [6.07, 6.45) is 5.19. The van der Waals surface area contributed by atoms with E-state index in [2.05, 4.69) is 24.2 Å². The van der Waals surface area contributed by atoms with E-state index in [0.717, 1.165) is 45.2 Å². The van der Waals surface area contributed by atoms with Gasteiger partial charge in [0.05, 0.1) is 0 Å². The normalized spacial score (nSPS) is 34.1. The molecule has 2 amide bonds. The molecule has 21 heavy (non-hydrogen) atoms. The molecule has 0 bridgehead atoms. The maximum atomic E-state index is 13.1. The molecule has 0 aromatic rings. The Morgan fingerprint density at radius 2 is 1.90 bits per heavy atom. The van der Waals surface area contributed by atoms with Gasteiger partial charge in [-0.2, -0.15) is 0 Å². The Morgan fingerprint density at radius 3 is 2.57 bits per heavy atom. The molecule has 2 atom stereocenters. The molecule has 0 aromatic heterocycles. The molecule has 2 saturated heterocycles. The second-order valence-electron chi connectivity index (χ2n) is 7.18. The molecule has 1 saturated carbocycles. The summed E-state index contributed by atoms with van der Waals surface area (Å²) in [4.78, 5) is 29.6. The summed E-state index contributed by atoms with van der Waals surface area (Å²) in [6, 6.07) is 0.291. The van der Waals surface area contributed by atoms with Crippen molar-refractivity contribution in [1.29, 1.82) is 0 Å². The third kappa shape index (κ3) is 2.68. The van der Waals surface area contributed by atoms with E-state index in [1.165, 1.54) is 0 Å². The fourth-order valence-corrected chi connectivity index (χ4v) is 4.42. The van der Waals surface area contributed by atoms with Crippen LogP contribution in [0.2, 0.25) is 0 Å². The molecule has 2 unspecified atom stereocenters. The lowest BCUT2D eigenvalue weighted by Crippen LogP contribution is -2.59. The van der Waals surface area contributed by atoms with Gasteiger partial charge in [-0.3, -0.25) is 9.59 Å². The third-order valence-corrected chi connectivity index (χ3v) is 5.55. The number of nitrogens with zero attached hydrogens (tertiary/aromatic N) is 2. The van der Waals surface area contributed by atoms with Gasteiger partial charge in [-0.15, -0.1) is 0 Å². The Bertz CT molecular complexity index is 431. The van der Waals surface area contributed by atoms with Crippen molar-refractivity contribution in [1.82, 2.24) is 15.1 Å². The fourth-order valence-electron chi connectivity index (χ4n) is 4.42. The Hall–Kier alpha value is -1.10. The minimum absolute atomic E-state index is 0.0494. The van der Waals surface area contributed by atoms with Crippen LogP contribution in [-0.2, 0) is 9.59 Å². The molecule has 2 heterocycles. The summed E-state index contributed by atoms with van der Waals surface area (Å²) in [7, 11) is 2.14. The van der Waals surface area contributed by atoms with Gasteiger partial charge in [-0.25, -0.2) is 0 Å². The second kappa shape index (κ2) is 5.59. The van der Waals surface area contributed by atoms with Crippen molar-refractivity contribution in [2.75, 3.05) is 26.7 Å². The van der Waals surface area contributed by atoms with E-state index < -0.39 is 5.54 Å². The van der Waals surface area contributed by atoms with Crippen LogP contribution in [0.3, 0.4) is 0 Å². The molecule has 3 fully saturated rings. The highest BCUT2D eigenvalue weighted by Gasteiger charge is 2.48. The van der Waals surface area contributed by atoms with Crippen LogP contribution in [0.4, 0.5) is 0 Å². The molecule has 0 radical (unpaired) electrons. The summed E-state index contributed by atoms with van der Waals surface area (Å²) in [5, 5.41) is 3.06. The van der Waals surface area contributed by atoms with Gasteiger partial charge in [0.15, 0.2) is 0 Å². The molecule has 5 heteroatoms. The fraction of sp³-hybridized carbons (Fsp3) is 0.875. The third-order valence-electron chi connectivity index (χ3n) is 5.55. The first-order chi connectivity index (χ1) is 10.0. The van der Waals surface area contributed by atoms with Crippen LogP contribution in [-0.4, -0.2) is 59.9 Å². The Morgan fingerprint density at radius 1 is 1.19 bits per heavy atom. The standard InChI is InChI=1S/C16H27N3O2/c1-12-11-18(2)9-5-13(12)19-10-6-14(20)17-16(15(19)21)7-3-4-8-16/h12-13H,3-11H2,1-2H3,(H,17,20). The number of carbonyl (C=O) groups excluding carboxylic acids is 2. The topological polar surface area (TPSA) is 52.6 Å². The van der Waals surface area contributed by atoms with Crippen LogP contribution in [0.15, 0.2) is 0 Å². The monoisotopic (exact) mass is 293 g/mol. The van der Waals surface area contributed by atoms with Crippen molar-refractivity contribution >= 4 is 11.8 Å². The van der Waals surface area contributed by atoms with Crippen molar-refractivity contribution in [3.05, 3.63) is 0 Å². The number of nitrogens with one attached hydrogen (secondary N) is 1. The average molecular weight is 293 g/mol. The predicted molar refractivity (Wildman–Crippen MR) is 80.7 cm³/mol. The van der Waals surface area contributed by atoms with Crippen molar-refractivity contribution in [2.24, 2.45) is 5.92 Å². The lowest BCUT2D eigenvalue weighted by atomic mass is 9.89. The summed E-state index contributed by atoms with van der Waals surface area (Å²) >= 11 is 0. The summed E-state index contributed by atoms with van der Waals surface area (Å²) < 4.78 is 0. The van der Waals surface area contributed by atoms with Crippen LogP contribution < -0.4 is 5.32 Å². The Kier molecular flexibility index (Phi) is 3.95. The lowest BCUT2D eigenvalue weighted by molar-refractivity contribution is -0.142. The van der Waals surface area contributed by atoms with Crippen molar-refractivity contribution in [2.45, 2.75) is 57.0 Å².